The Morgan fingerprint density at radius 1 is 1.15 bits per heavy atom. The maximum Gasteiger partial charge on any atom is 0.115 e. The number of fused-ring (bicyclic) bond motifs is 4. The van der Waals surface area contributed by atoms with Crippen molar-refractivity contribution >= 4 is 0 Å². The van der Waals surface area contributed by atoms with E-state index in [2.05, 4.69) is 60.3 Å². The van der Waals surface area contributed by atoms with Crippen molar-refractivity contribution < 1.29 is 5.11 Å². The summed E-state index contributed by atoms with van der Waals surface area (Å²) in [6.45, 7) is 3.47. The van der Waals surface area contributed by atoms with Crippen LogP contribution < -0.4 is 0 Å². The van der Waals surface area contributed by atoms with Gasteiger partial charge in [0.05, 0.1) is 0 Å². The predicted molar refractivity (Wildman–Crippen MR) is 107 cm³/mol. The van der Waals surface area contributed by atoms with Crippen molar-refractivity contribution in [1.82, 2.24) is 9.80 Å². The summed E-state index contributed by atoms with van der Waals surface area (Å²) >= 11 is 0. The third-order valence-electron chi connectivity index (χ3n) is 6.37. The SMILES string of the molecule is CN(C)CCCN1CCC2(c3ccccc3)CC1Cc1ccc(O)cc12. The van der Waals surface area contributed by atoms with Gasteiger partial charge in [-0.3, -0.25) is 4.90 Å². The minimum atomic E-state index is 0.0519. The summed E-state index contributed by atoms with van der Waals surface area (Å²) < 4.78 is 0. The first-order valence-corrected chi connectivity index (χ1v) is 9.85. The van der Waals surface area contributed by atoms with E-state index < -0.39 is 0 Å². The molecule has 1 heterocycles. The maximum absolute atomic E-state index is 10.2. The Balaban J connectivity index is 1.67. The van der Waals surface area contributed by atoms with Gasteiger partial charge in [0.1, 0.15) is 5.75 Å². The Bertz CT molecular complexity index is 758. The number of rotatable bonds is 5. The van der Waals surface area contributed by atoms with Crippen LogP contribution in [-0.4, -0.2) is 54.7 Å². The fourth-order valence-electron chi connectivity index (χ4n) is 5.10. The van der Waals surface area contributed by atoms with Gasteiger partial charge in [-0.15, -0.1) is 0 Å². The zero-order valence-electron chi connectivity index (χ0n) is 16.0. The van der Waals surface area contributed by atoms with E-state index in [-0.39, 0.29) is 5.41 Å². The molecular formula is C23H30N2O. The third kappa shape index (κ3) is 3.15. The van der Waals surface area contributed by atoms with Crippen LogP contribution in [0.1, 0.15) is 36.0 Å². The van der Waals surface area contributed by atoms with Crippen molar-refractivity contribution in [2.45, 2.75) is 37.1 Å². The fourth-order valence-corrected chi connectivity index (χ4v) is 5.10. The zero-order valence-corrected chi connectivity index (χ0v) is 16.0. The number of aromatic hydroxyl groups is 1. The molecule has 4 rings (SSSR count). The van der Waals surface area contributed by atoms with Gasteiger partial charge in [-0.1, -0.05) is 36.4 Å². The number of hydrogen-bond donors (Lipinski definition) is 1. The van der Waals surface area contributed by atoms with Gasteiger partial charge in [0, 0.05) is 11.5 Å². The summed E-state index contributed by atoms with van der Waals surface area (Å²) in [4.78, 5) is 4.98. The monoisotopic (exact) mass is 350 g/mol. The molecule has 26 heavy (non-hydrogen) atoms. The summed E-state index contributed by atoms with van der Waals surface area (Å²) in [6, 6.07) is 17.6. The molecule has 0 radical (unpaired) electrons. The fraction of sp³-hybridized carbons (Fsp3) is 0.478. The van der Waals surface area contributed by atoms with E-state index in [0.717, 1.165) is 32.4 Å². The molecule has 0 saturated carbocycles. The molecule has 3 heteroatoms. The molecule has 1 N–H and O–H groups in total. The highest BCUT2D eigenvalue weighted by Gasteiger charge is 2.46. The molecule has 2 atom stereocenters. The Kier molecular flexibility index (Phi) is 4.76. The number of nitrogens with zero attached hydrogens (tertiary/aromatic N) is 2. The molecule has 1 aliphatic heterocycles. The number of likely N-dealkylation sites (tertiary alicyclic amines) is 1. The Labute approximate surface area is 157 Å². The van der Waals surface area contributed by atoms with Crippen LogP contribution in [-0.2, 0) is 11.8 Å². The molecule has 138 valence electrons. The first kappa shape index (κ1) is 17.6. The van der Waals surface area contributed by atoms with Crippen molar-refractivity contribution in [3.63, 3.8) is 0 Å². The highest BCUT2D eigenvalue weighted by atomic mass is 16.3. The van der Waals surface area contributed by atoms with Crippen LogP contribution in [0.15, 0.2) is 48.5 Å². The first-order valence-electron chi connectivity index (χ1n) is 9.85. The third-order valence-corrected chi connectivity index (χ3v) is 6.37. The average Bonchev–Trinajstić information content (AvgIpc) is 2.65. The van der Waals surface area contributed by atoms with E-state index in [0.29, 0.717) is 11.8 Å². The maximum atomic E-state index is 10.2. The topological polar surface area (TPSA) is 26.7 Å². The lowest BCUT2D eigenvalue weighted by Gasteiger charge is -2.52. The van der Waals surface area contributed by atoms with Crippen LogP contribution in [0.25, 0.3) is 0 Å². The summed E-state index contributed by atoms with van der Waals surface area (Å²) in [6.07, 6.45) is 4.62. The zero-order chi connectivity index (χ0) is 18.1. The molecule has 1 aliphatic carbocycles. The van der Waals surface area contributed by atoms with Gasteiger partial charge in [-0.05, 0) is 88.2 Å². The van der Waals surface area contributed by atoms with Crippen molar-refractivity contribution in [2.24, 2.45) is 0 Å². The minimum absolute atomic E-state index is 0.0519. The quantitative estimate of drug-likeness (QED) is 0.892. The molecule has 2 aliphatic rings. The van der Waals surface area contributed by atoms with E-state index in [1.54, 1.807) is 0 Å². The lowest BCUT2D eigenvalue weighted by atomic mass is 9.60. The molecule has 1 saturated heterocycles. The van der Waals surface area contributed by atoms with Crippen LogP contribution >= 0.6 is 0 Å². The van der Waals surface area contributed by atoms with Gasteiger partial charge in [0.15, 0.2) is 0 Å². The summed E-state index contributed by atoms with van der Waals surface area (Å²) in [5.74, 6) is 0.394. The van der Waals surface area contributed by atoms with Crippen molar-refractivity contribution in [3.8, 4) is 5.75 Å². The molecule has 0 amide bonds. The molecule has 3 nitrogen and oxygen atoms in total. The second kappa shape index (κ2) is 7.05. The van der Waals surface area contributed by atoms with Crippen LogP contribution in [0, 0.1) is 0 Å². The second-order valence-corrected chi connectivity index (χ2v) is 8.29. The minimum Gasteiger partial charge on any atom is -0.508 e. The number of piperidine rings is 1. The van der Waals surface area contributed by atoms with Gasteiger partial charge in [-0.25, -0.2) is 0 Å². The molecule has 2 aromatic carbocycles. The summed E-state index contributed by atoms with van der Waals surface area (Å²) in [5.41, 5.74) is 4.23. The molecule has 0 aromatic heterocycles. The Morgan fingerprint density at radius 3 is 2.73 bits per heavy atom. The largest absolute Gasteiger partial charge is 0.508 e. The lowest BCUT2D eigenvalue weighted by molar-refractivity contribution is 0.0924. The Hall–Kier alpha value is -1.84. The lowest BCUT2D eigenvalue weighted by Crippen LogP contribution is -2.53. The molecule has 2 aromatic rings. The highest BCUT2D eigenvalue weighted by molar-refractivity contribution is 5.50. The van der Waals surface area contributed by atoms with Gasteiger partial charge in [0.2, 0.25) is 0 Å². The van der Waals surface area contributed by atoms with E-state index in [9.17, 15) is 5.11 Å². The molecule has 1 fully saturated rings. The molecule has 2 unspecified atom stereocenters. The first-order chi connectivity index (χ1) is 12.6. The van der Waals surface area contributed by atoms with Crippen LogP contribution in [0.3, 0.4) is 0 Å². The van der Waals surface area contributed by atoms with Gasteiger partial charge in [0.25, 0.3) is 0 Å². The normalized spacial score (nSPS) is 25.3. The van der Waals surface area contributed by atoms with E-state index in [4.69, 9.17) is 0 Å². The predicted octanol–water partition coefficient (Wildman–Crippen LogP) is 3.65. The number of benzene rings is 2. The molecular weight excluding hydrogens is 320 g/mol. The van der Waals surface area contributed by atoms with Gasteiger partial charge in [-0.2, -0.15) is 0 Å². The Morgan fingerprint density at radius 2 is 1.96 bits per heavy atom. The summed E-state index contributed by atoms with van der Waals surface area (Å²) in [5, 5.41) is 10.2. The number of hydrogen-bond acceptors (Lipinski definition) is 3. The standard InChI is InChI=1S/C23H30N2O/c1-24(2)12-6-13-25-14-11-23(19-7-4-3-5-8-19)17-20(25)15-18-9-10-21(26)16-22(18)23/h3-5,7-10,16,20,26H,6,11-15,17H2,1-2H3. The van der Waals surface area contributed by atoms with Crippen LogP contribution in [0.5, 0.6) is 5.75 Å². The molecule has 0 spiro atoms. The van der Waals surface area contributed by atoms with Crippen LogP contribution in [0.4, 0.5) is 0 Å². The highest BCUT2D eigenvalue weighted by Crippen LogP contribution is 2.49. The van der Waals surface area contributed by atoms with E-state index in [1.165, 1.54) is 29.7 Å². The van der Waals surface area contributed by atoms with E-state index in [1.807, 2.05) is 12.1 Å². The molecule has 2 bridgehead atoms. The summed E-state index contributed by atoms with van der Waals surface area (Å²) in [7, 11) is 4.31. The van der Waals surface area contributed by atoms with Crippen molar-refractivity contribution in [3.05, 3.63) is 65.2 Å². The smallest absolute Gasteiger partial charge is 0.115 e. The second-order valence-electron chi connectivity index (χ2n) is 8.29. The number of phenols is 1. The van der Waals surface area contributed by atoms with Gasteiger partial charge < -0.3 is 10.0 Å². The van der Waals surface area contributed by atoms with Crippen molar-refractivity contribution in [2.75, 3.05) is 33.7 Å². The number of phenolic OH excluding ortho intramolecular Hbond substituents is 1. The average molecular weight is 351 g/mol. The van der Waals surface area contributed by atoms with Crippen molar-refractivity contribution in [1.29, 1.82) is 0 Å². The van der Waals surface area contributed by atoms with E-state index >= 15 is 0 Å². The van der Waals surface area contributed by atoms with Gasteiger partial charge >= 0.3 is 0 Å². The van der Waals surface area contributed by atoms with Crippen LogP contribution in [0.2, 0.25) is 0 Å².